The Morgan fingerprint density at radius 3 is 2.64 bits per heavy atom. The van der Waals surface area contributed by atoms with Gasteiger partial charge in [0.25, 0.3) is 0 Å². The number of aromatic hydroxyl groups is 1. The van der Waals surface area contributed by atoms with E-state index in [0.717, 1.165) is 0 Å². The van der Waals surface area contributed by atoms with E-state index in [-0.39, 0.29) is 5.75 Å². The Balaban J connectivity index is 3.16. The van der Waals surface area contributed by atoms with Crippen molar-refractivity contribution in [1.29, 1.82) is 5.26 Å². The van der Waals surface area contributed by atoms with E-state index in [1.807, 2.05) is 6.07 Å². The molecule has 4 N–H and O–H groups in total. The lowest BCUT2D eigenvalue weighted by molar-refractivity contribution is 0.164. The Labute approximate surface area is 82.2 Å². The van der Waals surface area contributed by atoms with Gasteiger partial charge in [-0.3, -0.25) is 0 Å². The molecule has 2 atom stereocenters. The van der Waals surface area contributed by atoms with Crippen LogP contribution in [0.2, 0.25) is 0 Å². The standard InChI is InChI=1S/C10H12N2O2/c1-6(13)10(12)9-3-2-8(14)4-7(9)5-11/h2-4,6,10,13-14H,12H2,1H3/t6-,10+/m0/s1. The maximum Gasteiger partial charge on any atom is 0.116 e. The molecular formula is C10H12N2O2. The van der Waals surface area contributed by atoms with Gasteiger partial charge in [-0.05, 0) is 24.6 Å². The van der Waals surface area contributed by atoms with Gasteiger partial charge in [0.15, 0.2) is 0 Å². The summed E-state index contributed by atoms with van der Waals surface area (Å²) in [5.41, 5.74) is 6.51. The first kappa shape index (κ1) is 10.5. The average Bonchev–Trinajstić information content (AvgIpc) is 2.16. The van der Waals surface area contributed by atoms with E-state index in [1.54, 1.807) is 13.0 Å². The van der Waals surface area contributed by atoms with Crippen LogP contribution in [-0.4, -0.2) is 16.3 Å². The van der Waals surface area contributed by atoms with Gasteiger partial charge in [0.05, 0.1) is 23.8 Å². The fraction of sp³-hybridized carbons (Fsp3) is 0.300. The van der Waals surface area contributed by atoms with Gasteiger partial charge in [-0.25, -0.2) is 0 Å². The molecule has 0 fully saturated rings. The number of nitriles is 1. The fourth-order valence-corrected chi connectivity index (χ4v) is 1.19. The smallest absolute Gasteiger partial charge is 0.116 e. The molecule has 4 heteroatoms. The predicted octanol–water partition coefficient (Wildman–Crippen LogP) is 0.644. The number of rotatable bonds is 2. The molecule has 0 spiro atoms. The number of aliphatic hydroxyl groups is 1. The molecule has 0 heterocycles. The Morgan fingerprint density at radius 1 is 1.50 bits per heavy atom. The van der Waals surface area contributed by atoms with Crippen molar-refractivity contribution in [1.82, 2.24) is 0 Å². The minimum Gasteiger partial charge on any atom is -0.508 e. The summed E-state index contributed by atoms with van der Waals surface area (Å²) in [6, 6.07) is 5.64. The van der Waals surface area contributed by atoms with Crippen molar-refractivity contribution >= 4 is 0 Å². The molecule has 0 bridgehead atoms. The van der Waals surface area contributed by atoms with Crippen molar-refractivity contribution < 1.29 is 10.2 Å². The molecule has 4 nitrogen and oxygen atoms in total. The first-order valence-electron chi connectivity index (χ1n) is 4.23. The zero-order valence-corrected chi connectivity index (χ0v) is 7.81. The summed E-state index contributed by atoms with van der Waals surface area (Å²) in [7, 11) is 0. The highest BCUT2D eigenvalue weighted by molar-refractivity contribution is 5.44. The van der Waals surface area contributed by atoms with Gasteiger partial charge in [-0.1, -0.05) is 6.07 Å². The molecule has 0 aliphatic carbocycles. The number of benzene rings is 1. The predicted molar refractivity (Wildman–Crippen MR) is 51.4 cm³/mol. The molecule has 0 unspecified atom stereocenters. The number of phenolic OH excluding ortho intramolecular Hbond substituents is 1. The highest BCUT2D eigenvalue weighted by atomic mass is 16.3. The second-order valence-corrected chi connectivity index (χ2v) is 3.15. The lowest BCUT2D eigenvalue weighted by Gasteiger charge is -2.16. The molecule has 14 heavy (non-hydrogen) atoms. The molecular weight excluding hydrogens is 180 g/mol. The number of hydrogen-bond acceptors (Lipinski definition) is 4. The van der Waals surface area contributed by atoms with Crippen molar-refractivity contribution in [2.45, 2.75) is 19.1 Å². The molecule has 0 aliphatic heterocycles. The van der Waals surface area contributed by atoms with Gasteiger partial charge in [0.2, 0.25) is 0 Å². The van der Waals surface area contributed by atoms with E-state index in [1.165, 1.54) is 12.1 Å². The van der Waals surface area contributed by atoms with Crippen LogP contribution in [-0.2, 0) is 0 Å². The molecule has 0 saturated heterocycles. The third-order valence-corrected chi connectivity index (χ3v) is 2.04. The Kier molecular flexibility index (Phi) is 3.07. The van der Waals surface area contributed by atoms with Crippen LogP contribution in [0, 0.1) is 11.3 Å². The van der Waals surface area contributed by atoms with E-state index >= 15 is 0 Å². The summed E-state index contributed by atoms with van der Waals surface area (Å²) in [5.74, 6) is 0.0168. The second-order valence-electron chi connectivity index (χ2n) is 3.15. The normalized spacial score (nSPS) is 14.4. The van der Waals surface area contributed by atoms with Crippen molar-refractivity contribution in [2.24, 2.45) is 5.73 Å². The van der Waals surface area contributed by atoms with E-state index in [9.17, 15) is 5.11 Å². The van der Waals surface area contributed by atoms with Crippen molar-refractivity contribution in [3.63, 3.8) is 0 Å². The molecule has 0 amide bonds. The van der Waals surface area contributed by atoms with Gasteiger partial charge in [0.1, 0.15) is 5.75 Å². The third-order valence-electron chi connectivity index (χ3n) is 2.04. The summed E-state index contributed by atoms with van der Waals surface area (Å²) in [6.45, 7) is 1.55. The first-order chi connectivity index (χ1) is 6.56. The van der Waals surface area contributed by atoms with Crippen LogP contribution >= 0.6 is 0 Å². The molecule has 0 aliphatic rings. The minimum absolute atomic E-state index is 0.0168. The zero-order chi connectivity index (χ0) is 10.7. The molecule has 0 radical (unpaired) electrons. The maximum atomic E-state index is 9.27. The minimum atomic E-state index is -0.730. The van der Waals surface area contributed by atoms with Crippen LogP contribution in [0.15, 0.2) is 18.2 Å². The molecule has 1 aromatic carbocycles. The molecule has 1 rings (SSSR count). The number of hydrogen-bond donors (Lipinski definition) is 3. The van der Waals surface area contributed by atoms with Crippen LogP contribution in [0.1, 0.15) is 24.1 Å². The Bertz CT molecular complexity index is 369. The topological polar surface area (TPSA) is 90.3 Å². The maximum absolute atomic E-state index is 9.27. The fourth-order valence-electron chi connectivity index (χ4n) is 1.19. The van der Waals surface area contributed by atoms with E-state index in [4.69, 9.17) is 16.1 Å². The van der Waals surface area contributed by atoms with Crippen molar-refractivity contribution in [3.05, 3.63) is 29.3 Å². The van der Waals surface area contributed by atoms with Crippen molar-refractivity contribution in [2.75, 3.05) is 0 Å². The van der Waals surface area contributed by atoms with Crippen LogP contribution in [0.3, 0.4) is 0 Å². The quantitative estimate of drug-likeness (QED) is 0.641. The van der Waals surface area contributed by atoms with Gasteiger partial charge in [-0.2, -0.15) is 5.26 Å². The van der Waals surface area contributed by atoms with E-state index in [2.05, 4.69) is 0 Å². The van der Waals surface area contributed by atoms with Crippen LogP contribution in [0.25, 0.3) is 0 Å². The van der Waals surface area contributed by atoms with Crippen molar-refractivity contribution in [3.8, 4) is 11.8 Å². The van der Waals surface area contributed by atoms with Crippen LogP contribution < -0.4 is 5.73 Å². The molecule has 74 valence electrons. The summed E-state index contributed by atoms with van der Waals surface area (Å²) in [5, 5.41) is 27.2. The zero-order valence-electron chi connectivity index (χ0n) is 7.81. The van der Waals surface area contributed by atoms with Crippen LogP contribution in [0.5, 0.6) is 5.75 Å². The number of nitrogens with zero attached hydrogens (tertiary/aromatic N) is 1. The highest BCUT2D eigenvalue weighted by Gasteiger charge is 2.15. The van der Waals surface area contributed by atoms with Gasteiger partial charge < -0.3 is 15.9 Å². The number of nitrogens with two attached hydrogens (primary N) is 1. The van der Waals surface area contributed by atoms with Crippen LogP contribution in [0.4, 0.5) is 0 Å². The Hall–Kier alpha value is -1.57. The number of aliphatic hydroxyl groups excluding tert-OH is 1. The molecule has 0 saturated carbocycles. The largest absolute Gasteiger partial charge is 0.508 e. The molecule has 1 aromatic rings. The van der Waals surface area contributed by atoms with Gasteiger partial charge in [-0.15, -0.1) is 0 Å². The van der Waals surface area contributed by atoms with Gasteiger partial charge >= 0.3 is 0 Å². The summed E-state index contributed by atoms with van der Waals surface area (Å²) >= 11 is 0. The van der Waals surface area contributed by atoms with E-state index in [0.29, 0.717) is 11.1 Å². The highest BCUT2D eigenvalue weighted by Crippen LogP contribution is 2.22. The lowest BCUT2D eigenvalue weighted by Crippen LogP contribution is -2.24. The van der Waals surface area contributed by atoms with E-state index < -0.39 is 12.1 Å². The first-order valence-corrected chi connectivity index (χ1v) is 4.23. The Morgan fingerprint density at radius 2 is 2.14 bits per heavy atom. The monoisotopic (exact) mass is 192 g/mol. The number of phenols is 1. The SMILES string of the molecule is C[C@H](O)[C@@H](N)c1ccc(O)cc1C#N. The third kappa shape index (κ3) is 2.02. The summed E-state index contributed by atoms with van der Waals surface area (Å²) in [6.07, 6.45) is -0.730. The lowest BCUT2D eigenvalue weighted by atomic mass is 9.98. The average molecular weight is 192 g/mol. The second kappa shape index (κ2) is 4.09. The summed E-state index contributed by atoms with van der Waals surface area (Å²) < 4.78 is 0. The molecule has 0 aromatic heterocycles. The van der Waals surface area contributed by atoms with Gasteiger partial charge in [0, 0.05) is 0 Å². The summed E-state index contributed by atoms with van der Waals surface area (Å²) in [4.78, 5) is 0.